The molecule has 42 heavy (non-hydrogen) atoms. The number of sulfonamides is 1. The first kappa shape index (κ1) is 31.4. The van der Waals surface area contributed by atoms with Gasteiger partial charge in [-0.2, -0.15) is 0 Å². The van der Waals surface area contributed by atoms with Crippen LogP contribution in [0.5, 0.6) is 0 Å². The number of amides is 1. The van der Waals surface area contributed by atoms with Crippen molar-refractivity contribution in [2.75, 3.05) is 11.6 Å². The number of Topliss-reactive ketones (excluding diaryl/α,β-unsaturated/α-hetero) is 1. The molecule has 228 valence electrons. The quantitative estimate of drug-likeness (QED) is 0.348. The zero-order valence-electron chi connectivity index (χ0n) is 24.5. The van der Waals surface area contributed by atoms with Crippen LogP contribution in [0.3, 0.4) is 0 Å². The van der Waals surface area contributed by atoms with Crippen molar-refractivity contribution in [3.63, 3.8) is 0 Å². The van der Waals surface area contributed by atoms with Crippen LogP contribution < -0.4 is 15.4 Å². The van der Waals surface area contributed by atoms with Crippen LogP contribution in [-0.2, 0) is 25.0 Å². The minimum Gasteiger partial charge on any atom is -0.325 e. The molecule has 2 aliphatic heterocycles. The highest BCUT2D eigenvalue weighted by molar-refractivity contribution is 7.88. The first-order valence-electron chi connectivity index (χ1n) is 14.3. The van der Waals surface area contributed by atoms with Gasteiger partial charge in [0.2, 0.25) is 15.9 Å². The predicted octanol–water partition coefficient (Wildman–Crippen LogP) is 5.95. The molecule has 5 rings (SSSR count). The van der Waals surface area contributed by atoms with Crippen LogP contribution in [0.4, 0.5) is 10.1 Å². The van der Waals surface area contributed by atoms with E-state index in [-0.39, 0.29) is 40.0 Å². The van der Waals surface area contributed by atoms with E-state index in [1.807, 2.05) is 6.92 Å². The molecule has 1 spiro atoms. The number of nitrogens with one attached hydrogen (secondary N) is 3. The van der Waals surface area contributed by atoms with E-state index in [0.717, 1.165) is 6.26 Å². The van der Waals surface area contributed by atoms with Crippen molar-refractivity contribution >= 4 is 50.6 Å². The van der Waals surface area contributed by atoms with Gasteiger partial charge in [-0.25, -0.2) is 17.5 Å². The SMILES string of the molecule is CC(C)(C)C[C@H]1N[C@@H](C(=O)CC2CC[C@](C)(NS(C)(=O)=O)C2)[C@H](c2cccc(Cl)c2F)[C@@]12C(=O)Nc1cc(Cl)ccc12. The molecule has 1 saturated heterocycles. The minimum atomic E-state index is -3.42. The molecule has 1 unspecified atom stereocenters. The van der Waals surface area contributed by atoms with Gasteiger partial charge in [-0.1, -0.05) is 62.2 Å². The van der Waals surface area contributed by atoms with Crippen molar-refractivity contribution in [3.8, 4) is 0 Å². The van der Waals surface area contributed by atoms with Gasteiger partial charge < -0.3 is 10.6 Å². The summed E-state index contributed by atoms with van der Waals surface area (Å²) < 4.78 is 42.6. The third kappa shape index (κ3) is 5.75. The van der Waals surface area contributed by atoms with Crippen LogP contribution in [0.25, 0.3) is 0 Å². The van der Waals surface area contributed by atoms with Crippen molar-refractivity contribution in [1.29, 1.82) is 0 Å². The second-order valence-electron chi connectivity index (χ2n) is 13.8. The summed E-state index contributed by atoms with van der Waals surface area (Å²) in [6.07, 6.45) is 3.63. The third-order valence-electron chi connectivity index (χ3n) is 9.05. The average molecular weight is 639 g/mol. The molecular weight excluding hydrogens is 600 g/mol. The van der Waals surface area contributed by atoms with Gasteiger partial charge >= 0.3 is 0 Å². The fourth-order valence-electron chi connectivity index (χ4n) is 7.69. The van der Waals surface area contributed by atoms with Crippen LogP contribution in [0.15, 0.2) is 36.4 Å². The van der Waals surface area contributed by atoms with E-state index >= 15 is 4.39 Å². The maximum atomic E-state index is 15.9. The standard InChI is InChI=1S/C31H38Cl2FN3O4S/c1-29(2,3)16-24-31(20-10-9-18(32)14-22(20)35-28(31)39)25(19-7-6-8-21(33)26(19)34)27(36-24)23(38)13-17-11-12-30(4,15-17)37-42(5,40)41/h6-10,14,17,24-25,27,36-37H,11-13,15-16H2,1-5H3,(H,35,39)/t17?,24-,25+,27+,30+,31+/m1/s1. The zero-order valence-corrected chi connectivity index (χ0v) is 26.8. The first-order valence-corrected chi connectivity index (χ1v) is 16.9. The molecule has 1 saturated carbocycles. The van der Waals surface area contributed by atoms with Gasteiger partial charge in [0.25, 0.3) is 0 Å². The number of rotatable bonds is 7. The lowest BCUT2D eigenvalue weighted by atomic mass is 9.62. The average Bonchev–Trinajstić information content (AvgIpc) is 3.46. The number of hydrogen-bond donors (Lipinski definition) is 3. The lowest BCUT2D eigenvalue weighted by Gasteiger charge is -2.37. The number of ketones is 1. The summed E-state index contributed by atoms with van der Waals surface area (Å²) in [5.74, 6) is -2.06. The van der Waals surface area contributed by atoms with Crippen molar-refractivity contribution in [2.24, 2.45) is 11.3 Å². The Kier molecular flexibility index (Phi) is 8.10. The molecule has 0 radical (unpaired) electrons. The third-order valence-corrected chi connectivity index (χ3v) is 10.4. The Hall–Kier alpha value is -2.04. The monoisotopic (exact) mass is 637 g/mol. The topological polar surface area (TPSA) is 104 Å². The summed E-state index contributed by atoms with van der Waals surface area (Å²) >= 11 is 12.6. The largest absolute Gasteiger partial charge is 0.325 e. The number of hydrogen-bond acceptors (Lipinski definition) is 5. The fraction of sp³-hybridized carbons (Fsp3) is 0.548. The van der Waals surface area contributed by atoms with Crippen LogP contribution in [-0.4, -0.2) is 44.0 Å². The van der Waals surface area contributed by atoms with Crippen LogP contribution in [0, 0.1) is 17.2 Å². The second-order valence-corrected chi connectivity index (χ2v) is 16.4. The summed E-state index contributed by atoms with van der Waals surface area (Å²) in [6, 6.07) is 8.52. The minimum absolute atomic E-state index is 0.0653. The van der Waals surface area contributed by atoms with Crippen molar-refractivity contribution in [3.05, 3.63) is 63.4 Å². The number of fused-ring (bicyclic) bond motifs is 2. The Morgan fingerprint density at radius 3 is 2.57 bits per heavy atom. The van der Waals surface area contributed by atoms with E-state index in [1.54, 1.807) is 30.3 Å². The Bertz CT molecular complexity index is 1550. The van der Waals surface area contributed by atoms with Gasteiger partial charge in [0, 0.05) is 34.6 Å². The molecule has 0 aromatic heterocycles. The normalized spacial score (nSPS) is 31.0. The number of anilines is 1. The van der Waals surface area contributed by atoms with Crippen LogP contribution >= 0.6 is 23.2 Å². The molecular formula is C31H38Cl2FN3O4S. The fourth-order valence-corrected chi connectivity index (χ4v) is 9.13. The second kappa shape index (κ2) is 10.8. The maximum Gasteiger partial charge on any atom is 0.237 e. The highest BCUT2D eigenvalue weighted by Gasteiger charge is 2.66. The van der Waals surface area contributed by atoms with E-state index in [2.05, 4.69) is 36.1 Å². The first-order chi connectivity index (χ1) is 19.4. The Morgan fingerprint density at radius 2 is 1.90 bits per heavy atom. The van der Waals surface area contributed by atoms with Gasteiger partial charge in [-0.3, -0.25) is 9.59 Å². The summed E-state index contributed by atoms with van der Waals surface area (Å²) in [5.41, 5.74) is -0.755. The lowest BCUT2D eigenvalue weighted by molar-refractivity contribution is -0.123. The molecule has 3 N–H and O–H groups in total. The van der Waals surface area contributed by atoms with E-state index in [0.29, 0.717) is 42.0 Å². The Labute approximate surface area is 257 Å². The molecule has 3 aliphatic rings. The van der Waals surface area contributed by atoms with E-state index in [1.165, 1.54) is 6.07 Å². The summed E-state index contributed by atoms with van der Waals surface area (Å²) in [4.78, 5) is 28.5. The number of benzene rings is 2. The zero-order chi connectivity index (χ0) is 30.8. The van der Waals surface area contributed by atoms with Crippen molar-refractivity contribution < 1.29 is 22.4 Å². The van der Waals surface area contributed by atoms with Crippen molar-refractivity contribution in [1.82, 2.24) is 10.0 Å². The van der Waals surface area contributed by atoms with E-state index in [9.17, 15) is 18.0 Å². The van der Waals surface area contributed by atoms with Crippen LogP contribution in [0.1, 0.15) is 76.8 Å². The Morgan fingerprint density at radius 1 is 1.19 bits per heavy atom. The van der Waals surface area contributed by atoms with Crippen LogP contribution in [0.2, 0.25) is 10.0 Å². The number of carbonyl (C=O) groups is 2. The Balaban J connectivity index is 1.61. The number of carbonyl (C=O) groups excluding carboxylic acids is 2. The molecule has 7 nitrogen and oxygen atoms in total. The summed E-state index contributed by atoms with van der Waals surface area (Å²) in [5, 5.41) is 6.89. The highest BCUT2D eigenvalue weighted by Crippen LogP contribution is 2.57. The van der Waals surface area contributed by atoms with Gasteiger partial charge in [-0.15, -0.1) is 0 Å². The van der Waals surface area contributed by atoms with E-state index in [4.69, 9.17) is 23.2 Å². The van der Waals surface area contributed by atoms with Gasteiger partial charge in [-0.05, 0) is 73.3 Å². The maximum absolute atomic E-state index is 15.9. The molecule has 1 aliphatic carbocycles. The predicted molar refractivity (Wildman–Crippen MR) is 164 cm³/mol. The van der Waals surface area contributed by atoms with E-state index < -0.39 is 44.8 Å². The number of halogens is 3. The lowest BCUT2D eigenvalue weighted by Crippen LogP contribution is -2.49. The molecule has 2 aromatic rings. The highest BCUT2D eigenvalue weighted by atomic mass is 35.5. The van der Waals surface area contributed by atoms with Gasteiger partial charge in [0.05, 0.1) is 17.3 Å². The molecule has 1 amide bonds. The summed E-state index contributed by atoms with van der Waals surface area (Å²) in [7, 11) is -3.42. The summed E-state index contributed by atoms with van der Waals surface area (Å²) in [6.45, 7) is 8.05. The van der Waals surface area contributed by atoms with Gasteiger partial charge in [0.1, 0.15) is 11.2 Å². The molecule has 0 bridgehead atoms. The molecule has 11 heteroatoms. The molecule has 2 heterocycles. The molecule has 2 fully saturated rings. The molecule has 6 atom stereocenters. The van der Waals surface area contributed by atoms with Gasteiger partial charge in [0.15, 0.2) is 5.78 Å². The molecule has 2 aromatic carbocycles. The smallest absolute Gasteiger partial charge is 0.237 e. The van der Waals surface area contributed by atoms with Crippen molar-refractivity contribution in [2.45, 2.75) is 88.8 Å².